The van der Waals surface area contributed by atoms with Crippen LogP contribution in [-0.4, -0.2) is 17.3 Å². The number of hydrogen-bond acceptors (Lipinski definition) is 5. The van der Waals surface area contributed by atoms with E-state index in [1.165, 1.54) is 0 Å². The van der Waals surface area contributed by atoms with Gasteiger partial charge in [-0.25, -0.2) is 0 Å². The molecule has 0 saturated carbocycles. The van der Waals surface area contributed by atoms with Crippen molar-refractivity contribution in [3.63, 3.8) is 0 Å². The summed E-state index contributed by atoms with van der Waals surface area (Å²) in [5.41, 5.74) is 4.92. The maximum absolute atomic E-state index is 4.92. The first-order valence-electron chi connectivity index (χ1n) is 2.90. The highest BCUT2D eigenvalue weighted by molar-refractivity contribution is 5.14. The van der Waals surface area contributed by atoms with E-state index < -0.39 is 0 Å². The lowest BCUT2D eigenvalue weighted by molar-refractivity contribution is 0.174. The molecular weight excluding hydrogens is 146 g/mol. The molecule has 58 valence electrons. The molecule has 0 aliphatic rings. The quantitative estimate of drug-likeness (QED) is 0.457. The normalized spacial score (nSPS) is 8.82. The molecule has 5 nitrogen and oxygen atoms in total. The number of nitrogens with two attached hydrogens (primary N) is 1. The third kappa shape index (κ3) is 1.95. The second kappa shape index (κ2) is 3.58. The summed E-state index contributed by atoms with van der Waals surface area (Å²) in [6, 6.07) is 2.15. The fourth-order valence-electron chi connectivity index (χ4n) is 0.554. The van der Waals surface area contributed by atoms with Crippen LogP contribution in [0.5, 0.6) is 0 Å². The van der Waals surface area contributed by atoms with Crippen LogP contribution < -0.4 is 5.73 Å². The standard InChI is InChI=1S/C6H7N3O2/c1-10-4-5-8-6(2-3-7)11-9-5/h4,7H2,1H3. The first kappa shape index (κ1) is 7.57. The van der Waals surface area contributed by atoms with Crippen molar-refractivity contribution in [1.82, 2.24) is 10.1 Å². The molecule has 0 aromatic carbocycles. The van der Waals surface area contributed by atoms with Gasteiger partial charge in [-0.05, 0) is 0 Å². The van der Waals surface area contributed by atoms with Crippen LogP contribution in [0.4, 0.5) is 0 Å². The van der Waals surface area contributed by atoms with Crippen LogP contribution in [0.1, 0.15) is 11.7 Å². The summed E-state index contributed by atoms with van der Waals surface area (Å²) in [6.07, 6.45) is 0. The molecule has 1 aromatic rings. The lowest BCUT2D eigenvalue weighted by Gasteiger charge is -1.85. The minimum absolute atomic E-state index is 0.208. The molecule has 5 heteroatoms. The Morgan fingerprint density at radius 1 is 1.73 bits per heavy atom. The summed E-state index contributed by atoms with van der Waals surface area (Å²) in [5.74, 6) is 3.09. The van der Waals surface area contributed by atoms with Crippen molar-refractivity contribution in [3.8, 4) is 12.0 Å². The Kier molecular flexibility index (Phi) is 2.47. The highest BCUT2D eigenvalue weighted by Gasteiger charge is 2.01. The van der Waals surface area contributed by atoms with Crippen molar-refractivity contribution in [2.24, 2.45) is 5.73 Å². The zero-order chi connectivity index (χ0) is 8.10. The lowest BCUT2D eigenvalue weighted by Crippen LogP contribution is -1.89. The monoisotopic (exact) mass is 153 g/mol. The van der Waals surface area contributed by atoms with Crippen LogP contribution in [0.2, 0.25) is 0 Å². The van der Waals surface area contributed by atoms with E-state index >= 15 is 0 Å². The van der Waals surface area contributed by atoms with E-state index in [9.17, 15) is 0 Å². The van der Waals surface area contributed by atoms with Crippen LogP contribution in [0.25, 0.3) is 0 Å². The lowest BCUT2D eigenvalue weighted by atomic mass is 10.6. The maximum atomic E-state index is 4.92. The molecule has 0 atom stereocenters. The molecule has 0 radical (unpaired) electrons. The van der Waals surface area contributed by atoms with Crippen LogP contribution in [0.3, 0.4) is 0 Å². The molecule has 0 unspecified atom stereocenters. The molecule has 0 saturated heterocycles. The molecule has 1 rings (SSSR count). The molecule has 0 spiro atoms. The van der Waals surface area contributed by atoms with Crippen molar-refractivity contribution in [2.75, 3.05) is 7.11 Å². The van der Waals surface area contributed by atoms with Gasteiger partial charge >= 0.3 is 5.89 Å². The highest BCUT2D eigenvalue weighted by Crippen LogP contribution is 1.95. The number of methoxy groups -OCH3 is 1. The van der Waals surface area contributed by atoms with E-state index in [1.54, 1.807) is 7.11 Å². The summed E-state index contributed by atoms with van der Waals surface area (Å²) in [5, 5.41) is 3.56. The summed E-state index contributed by atoms with van der Waals surface area (Å²) in [6.45, 7) is 0.315. The Labute approximate surface area is 63.5 Å². The van der Waals surface area contributed by atoms with Gasteiger partial charge in [0.2, 0.25) is 0 Å². The third-order valence-electron chi connectivity index (χ3n) is 0.921. The molecule has 0 aliphatic heterocycles. The van der Waals surface area contributed by atoms with Gasteiger partial charge in [-0.2, -0.15) is 4.98 Å². The SMILES string of the molecule is COCc1noc(C#CN)n1. The second-order valence-corrected chi connectivity index (χ2v) is 1.72. The van der Waals surface area contributed by atoms with Gasteiger partial charge in [-0.1, -0.05) is 5.16 Å². The van der Waals surface area contributed by atoms with Crippen LogP contribution in [0, 0.1) is 12.0 Å². The fraction of sp³-hybridized carbons (Fsp3) is 0.333. The highest BCUT2D eigenvalue weighted by atomic mass is 16.5. The average Bonchev–Trinajstić information content (AvgIpc) is 2.38. The van der Waals surface area contributed by atoms with E-state index in [0.717, 1.165) is 0 Å². The van der Waals surface area contributed by atoms with Gasteiger partial charge in [-0.15, -0.1) is 0 Å². The number of aromatic nitrogens is 2. The molecule has 0 aliphatic carbocycles. The third-order valence-corrected chi connectivity index (χ3v) is 0.921. The molecule has 1 aromatic heterocycles. The fourth-order valence-corrected chi connectivity index (χ4v) is 0.554. The first-order valence-corrected chi connectivity index (χ1v) is 2.90. The van der Waals surface area contributed by atoms with Gasteiger partial charge in [-0.3, -0.25) is 0 Å². The Balaban J connectivity index is 2.70. The van der Waals surface area contributed by atoms with E-state index in [4.69, 9.17) is 10.5 Å². The van der Waals surface area contributed by atoms with Gasteiger partial charge in [0.25, 0.3) is 0 Å². The van der Waals surface area contributed by atoms with Gasteiger partial charge in [0.05, 0.1) is 0 Å². The smallest absolute Gasteiger partial charge is 0.304 e. The van der Waals surface area contributed by atoms with E-state index in [2.05, 4.69) is 26.6 Å². The van der Waals surface area contributed by atoms with Gasteiger partial charge in [0.1, 0.15) is 6.61 Å². The molecule has 11 heavy (non-hydrogen) atoms. The molecule has 0 amide bonds. The first-order chi connectivity index (χ1) is 5.36. The van der Waals surface area contributed by atoms with Crippen LogP contribution in [-0.2, 0) is 11.3 Å². The van der Waals surface area contributed by atoms with Crippen LogP contribution in [0.15, 0.2) is 4.52 Å². The molecule has 0 bridgehead atoms. The number of rotatable bonds is 2. The average molecular weight is 153 g/mol. The summed E-state index contributed by atoms with van der Waals surface area (Å²) in [7, 11) is 1.55. The minimum atomic E-state index is 0.208. The Hall–Kier alpha value is -1.54. The van der Waals surface area contributed by atoms with Gasteiger partial charge in [0.15, 0.2) is 5.82 Å². The second-order valence-electron chi connectivity index (χ2n) is 1.72. The van der Waals surface area contributed by atoms with Crippen molar-refractivity contribution in [1.29, 1.82) is 0 Å². The Morgan fingerprint density at radius 2 is 2.55 bits per heavy atom. The number of ether oxygens (including phenoxy) is 1. The number of nitrogens with zero attached hydrogens (tertiary/aromatic N) is 2. The van der Waals surface area contributed by atoms with Crippen molar-refractivity contribution in [3.05, 3.63) is 11.7 Å². The van der Waals surface area contributed by atoms with E-state index in [0.29, 0.717) is 12.4 Å². The topological polar surface area (TPSA) is 74.2 Å². The zero-order valence-electron chi connectivity index (χ0n) is 6.00. The van der Waals surface area contributed by atoms with Crippen LogP contribution >= 0.6 is 0 Å². The van der Waals surface area contributed by atoms with Crippen molar-refractivity contribution in [2.45, 2.75) is 6.61 Å². The number of hydrogen-bond donors (Lipinski definition) is 1. The largest absolute Gasteiger partial charge is 0.377 e. The van der Waals surface area contributed by atoms with E-state index in [1.807, 2.05) is 0 Å². The summed E-state index contributed by atoms with van der Waals surface area (Å²) >= 11 is 0. The van der Waals surface area contributed by atoms with Crippen molar-refractivity contribution >= 4 is 0 Å². The predicted molar refractivity (Wildman–Crippen MR) is 36.1 cm³/mol. The molecule has 2 N–H and O–H groups in total. The van der Waals surface area contributed by atoms with Gasteiger partial charge in [0, 0.05) is 19.1 Å². The summed E-state index contributed by atoms with van der Waals surface area (Å²) < 4.78 is 9.42. The molecular formula is C6H7N3O2. The Morgan fingerprint density at radius 3 is 3.18 bits per heavy atom. The molecule has 1 heterocycles. The van der Waals surface area contributed by atoms with E-state index in [-0.39, 0.29) is 5.89 Å². The van der Waals surface area contributed by atoms with Gasteiger partial charge < -0.3 is 15.0 Å². The molecule has 0 fully saturated rings. The van der Waals surface area contributed by atoms with Crippen molar-refractivity contribution < 1.29 is 9.26 Å². The Bertz CT molecular complexity index is 284. The predicted octanol–water partition coefficient (Wildman–Crippen LogP) is -0.516. The summed E-state index contributed by atoms with van der Waals surface area (Å²) in [4.78, 5) is 3.83. The minimum Gasteiger partial charge on any atom is -0.377 e. The zero-order valence-corrected chi connectivity index (χ0v) is 6.00. The maximum Gasteiger partial charge on any atom is 0.304 e.